The monoisotopic (exact) mass is 647 g/mol. The zero-order valence-corrected chi connectivity index (χ0v) is 27.6. The Morgan fingerprint density at radius 2 is 0.863 bits per heavy atom. The van der Waals surface area contributed by atoms with Gasteiger partial charge in [0.15, 0.2) is 5.82 Å². The van der Waals surface area contributed by atoms with E-state index in [0.29, 0.717) is 0 Å². The molecule has 0 atom stereocenters. The van der Waals surface area contributed by atoms with E-state index in [0.717, 1.165) is 39.1 Å². The second kappa shape index (κ2) is 10.8. The van der Waals surface area contributed by atoms with Gasteiger partial charge in [-0.2, -0.15) is 0 Å². The van der Waals surface area contributed by atoms with Gasteiger partial charge in [-0.05, 0) is 73.1 Å². The van der Waals surface area contributed by atoms with Crippen LogP contribution in [0.3, 0.4) is 0 Å². The Morgan fingerprint density at radius 3 is 1.59 bits per heavy atom. The Hall–Kier alpha value is -6.84. The molecule has 51 heavy (non-hydrogen) atoms. The molecule has 0 aliphatic heterocycles. The summed E-state index contributed by atoms with van der Waals surface area (Å²) in [6, 6.07) is 63.1. The van der Waals surface area contributed by atoms with Crippen molar-refractivity contribution in [3.05, 3.63) is 176 Å². The van der Waals surface area contributed by atoms with E-state index in [-0.39, 0.29) is 0 Å². The third-order valence-electron chi connectivity index (χ3n) is 10.5. The van der Waals surface area contributed by atoms with Gasteiger partial charge < -0.3 is 0 Å². The van der Waals surface area contributed by atoms with Crippen molar-refractivity contribution in [2.75, 3.05) is 0 Å². The van der Waals surface area contributed by atoms with Crippen LogP contribution in [0, 0.1) is 0 Å². The maximum absolute atomic E-state index is 5.50. The normalized spacial score (nSPS) is 11.9. The molecule has 3 heteroatoms. The predicted molar refractivity (Wildman–Crippen MR) is 215 cm³/mol. The molecule has 3 nitrogen and oxygen atoms in total. The van der Waals surface area contributed by atoms with Crippen LogP contribution >= 0.6 is 0 Å². The van der Waals surface area contributed by atoms with Gasteiger partial charge in [-0.15, -0.1) is 0 Å². The van der Waals surface area contributed by atoms with Gasteiger partial charge in [-0.25, -0.2) is 9.97 Å². The molecule has 236 valence electrons. The fourth-order valence-electron chi connectivity index (χ4n) is 8.19. The number of nitrogens with zero attached hydrogens (tertiary/aromatic N) is 3. The first-order valence-electron chi connectivity index (χ1n) is 17.4. The van der Waals surface area contributed by atoms with Crippen molar-refractivity contribution in [3.63, 3.8) is 0 Å². The molecule has 0 unspecified atom stereocenters. The summed E-state index contributed by atoms with van der Waals surface area (Å²) >= 11 is 0. The molecule has 0 N–H and O–H groups in total. The fourth-order valence-corrected chi connectivity index (χ4v) is 8.19. The average Bonchev–Trinajstić information content (AvgIpc) is 3.52. The van der Waals surface area contributed by atoms with Crippen LogP contribution in [0.5, 0.6) is 0 Å². The summed E-state index contributed by atoms with van der Waals surface area (Å²) in [5.41, 5.74) is 8.22. The number of rotatable bonds is 3. The van der Waals surface area contributed by atoms with Gasteiger partial charge in [0.2, 0.25) is 0 Å². The van der Waals surface area contributed by atoms with Crippen molar-refractivity contribution in [1.29, 1.82) is 0 Å². The molecule has 11 aromatic rings. The third-order valence-corrected chi connectivity index (χ3v) is 10.5. The first-order chi connectivity index (χ1) is 25.3. The molecule has 0 spiro atoms. The summed E-state index contributed by atoms with van der Waals surface area (Å²) < 4.78 is 2.40. The number of aromatic nitrogens is 3. The fraction of sp³-hybridized carbons (Fsp3) is 0. The zero-order chi connectivity index (χ0) is 33.5. The Morgan fingerprint density at radius 1 is 0.353 bits per heavy atom. The highest BCUT2D eigenvalue weighted by Crippen LogP contribution is 2.44. The third kappa shape index (κ3) is 4.19. The Labute approximate surface area is 293 Å². The molecule has 0 fully saturated rings. The van der Waals surface area contributed by atoms with E-state index < -0.39 is 0 Å². The molecule has 0 saturated carbocycles. The largest absolute Gasteiger partial charge is 0.291 e. The van der Waals surface area contributed by atoms with Gasteiger partial charge in [0.05, 0.1) is 22.1 Å². The first kappa shape index (κ1) is 28.0. The number of fused-ring (bicyclic) bond motifs is 12. The summed E-state index contributed by atoms with van der Waals surface area (Å²) in [4.78, 5) is 10.9. The van der Waals surface area contributed by atoms with Gasteiger partial charge in [0.1, 0.15) is 5.69 Å². The lowest BCUT2D eigenvalue weighted by molar-refractivity contribution is 1.08. The van der Waals surface area contributed by atoms with E-state index in [2.05, 4.69) is 168 Å². The topological polar surface area (TPSA) is 30.7 Å². The van der Waals surface area contributed by atoms with E-state index in [1.165, 1.54) is 65.0 Å². The molecule has 11 rings (SSSR count). The summed E-state index contributed by atoms with van der Waals surface area (Å²) in [5.74, 6) is 0.821. The van der Waals surface area contributed by atoms with Crippen molar-refractivity contribution in [2.24, 2.45) is 0 Å². The highest BCUT2D eigenvalue weighted by Gasteiger charge is 2.23. The first-order valence-corrected chi connectivity index (χ1v) is 17.4. The van der Waals surface area contributed by atoms with E-state index in [9.17, 15) is 0 Å². The Kier molecular flexibility index (Phi) is 5.96. The van der Waals surface area contributed by atoms with E-state index >= 15 is 0 Å². The van der Waals surface area contributed by atoms with Crippen LogP contribution in [0.4, 0.5) is 0 Å². The maximum atomic E-state index is 5.50. The molecule has 9 aromatic carbocycles. The van der Waals surface area contributed by atoms with Crippen molar-refractivity contribution in [1.82, 2.24) is 14.5 Å². The summed E-state index contributed by atoms with van der Waals surface area (Å²) in [6.07, 6.45) is 0. The zero-order valence-electron chi connectivity index (χ0n) is 27.6. The highest BCUT2D eigenvalue weighted by atomic mass is 15.1. The molecule has 2 aromatic heterocycles. The van der Waals surface area contributed by atoms with E-state index in [1.54, 1.807) is 0 Å². The summed E-state index contributed by atoms with van der Waals surface area (Å²) in [7, 11) is 0. The highest BCUT2D eigenvalue weighted by molar-refractivity contribution is 6.33. The lowest BCUT2D eigenvalue weighted by Crippen LogP contribution is -2.04. The van der Waals surface area contributed by atoms with E-state index in [1.807, 2.05) is 12.1 Å². The van der Waals surface area contributed by atoms with Crippen LogP contribution in [0.1, 0.15) is 0 Å². The lowest BCUT2D eigenvalue weighted by Gasteiger charge is -2.17. The Bertz CT molecular complexity index is 3140. The molecule has 0 aliphatic carbocycles. The van der Waals surface area contributed by atoms with Crippen molar-refractivity contribution < 1.29 is 0 Å². The molecule has 0 radical (unpaired) electrons. The van der Waals surface area contributed by atoms with Crippen LogP contribution in [-0.4, -0.2) is 14.5 Å². The Balaban J connectivity index is 1.33. The molecule has 0 amide bonds. The molecular formula is C48H29N3. The molecule has 2 heterocycles. The van der Waals surface area contributed by atoms with Crippen LogP contribution in [0.2, 0.25) is 0 Å². The van der Waals surface area contributed by atoms with Crippen LogP contribution in [0.25, 0.3) is 104 Å². The summed E-state index contributed by atoms with van der Waals surface area (Å²) in [5, 5.41) is 12.2. The second-order valence-corrected chi connectivity index (χ2v) is 13.4. The van der Waals surface area contributed by atoms with Crippen LogP contribution in [-0.2, 0) is 0 Å². The lowest BCUT2D eigenvalue weighted by atomic mass is 9.93. The predicted octanol–water partition coefficient (Wildman–Crippen LogP) is 12.7. The molecule has 0 bridgehead atoms. The maximum Gasteiger partial charge on any atom is 0.165 e. The van der Waals surface area contributed by atoms with Crippen LogP contribution < -0.4 is 0 Å². The van der Waals surface area contributed by atoms with Crippen molar-refractivity contribution in [2.45, 2.75) is 0 Å². The number of hydrogen-bond acceptors (Lipinski definition) is 2. The number of benzene rings is 9. The minimum atomic E-state index is 0.821. The van der Waals surface area contributed by atoms with Crippen LogP contribution in [0.15, 0.2) is 176 Å². The minimum Gasteiger partial charge on any atom is -0.291 e. The number of hydrogen-bond donors (Lipinski definition) is 0. The van der Waals surface area contributed by atoms with E-state index in [4.69, 9.17) is 9.97 Å². The smallest absolute Gasteiger partial charge is 0.165 e. The van der Waals surface area contributed by atoms with Gasteiger partial charge >= 0.3 is 0 Å². The quantitative estimate of drug-likeness (QED) is 0.179. The molecular weight excluding hydrogens is 619 g/mol. The van der Waals surface area contributed by atoms with Crippen molar-refractivity contribution >= 4 is 75.9 Å². The van der Waals surface area contributed by atoms with Gasteiger partial charge in [-0.1, -0.05) is 152 Å². The average molecular weight is 648 g/mol. The summed E-state index contributed by atoms with van der Waals surface area (Å²) in [6.45, 7) is 0. The number of para-hydroxylation sites is 2. The SMILES string of the molecule is c1ccc(-c2ccc(-c3nc4ccccc4nc3-n3c4cc5ccccc5cc4c4ccc5c6ccccc6c6ccccc6c5c43)cc2)cc1. The van der Waals surface area contributed by atoms with Crippen molar-refractivity contribution in [3.8, 4) is 28.2 Å². The standard InChI is InChI=1S/C48H29N3/c1-2-12-30(13-3-1)31-22-24-32(25-23-31)46-48(50-43-21-11-10-20-42(43)49-46)51-44-29-34-15-5-4-14-33(34)28-41(44)40-27-26-39-37-18-7-6-16-35(37)36-17-8-9-19-38(36)45(39)47(40)51/h1-29H. The van der Waals surface area contributed by atoms with Gasteiger partial charge in [0, 0.05) is 21.7 Å². The molecule has 0 saturated heterocycles. The van der Waals surface area contributed by atoms with Gasteiger partial charge in [0.25, 0.3) is 0 Å². The second-order valence-electron chi connectivity index (χ2n) is 13.4. The minimum absolute atomic E-state index is 0.821. The van der Waals surface area contributed by atoms with Gasteiger partial charge in [-0.3, -0.25) is 4.57 Å². The molecule has 0 aliphatic rings.